The summed E-state index contributed by atoms with van der Waals surface area (Å²) in [6.07, 6.45) is 10.9. The predicted octanol–water partition coefficient (Wildman–Crippen LogP) is 2.43. The van der Waals surface area contributed by atoms with Crippen LogP contribution in [0.2, 0.25) is 0 Å². The first-order valence-electron chi connectivity index (χ1n) is 6.72. The molecule has 0 radical (unpaired) electrons. The van der Waals surface area contributed by atoms with E-state index in [4.69, 9.17) is 5.73 Å². The quantitative estimate of drug-likeness (QED) is 0.751. The topological polar surface area (TPSA) is 38.0 Å². The Hall–Kier alpha value is -0.0800. The Morgan fingerprint density at radius 3 is 2.53 bits per heavy atom. The molecule has 2 unspecified atom stereocenters. The molecule has 0 bridgehead atoms. The maximum absolute atomic E-state index is 6.02. The molecule has 0 saturated heterocycles. The van der Waals surface area contributed by atoms with E-state index in [1.165, 1.54) is 51.4 Å². The molecule has 15 heavy (non-hydrogen) atoms. The fraction of sp³-hybridized carbons (Fsp3) is 1.00. The van der Waals surface area contributed by atoms with Crippen molar-refractivity contribution in [3.8, 4) is 0 Å². The van der Waals surface area contributed by atoms with Gasteiger partial charge in [0, 0.05) is 18.1 Å². The summed E-state index contributed by atoms with van der Waals surface area (Å²) in [5.41, 5.74) is 6.30. The standard InChI is InChI=1S/C13H26N2/c1-11-5-4-8-13(9-11,10-14)15-12-6-2-3-7-12/h11-12,15H,2-10,14H2,1H3. The first kappa shape index (κ1) is 11.4. The van der Waals surface area contributed by atoms with Crippen LogP contribution in [0.1, 0.15) is 58.3 Å². The number of hydrogen-bond donors (Lipinski definition) is 2. The highest BCUT2D eigenvalue weighted by Gasteiger charge is 2.35. The Bertz CT molecular complexity index is 199. The zero-order chi connectivity index (χ0) is 10.7. The highest BCUT2D eigenvalue weighted by molar-refractivity contribution is 4.96. The van der Waals surface area contributed by atoms with Crippen molar-refractivity contribution >= 4 is 0 Å². The van der Waals surface area contributed by atoms with E-state index in [1.807, 2.05) is 0 Å². The Morgan fingerprint density at radius 2 is 1.93 bits per heavy atom. The molecule has 2 saturated carbocycles. The summed E-state index contributed by atoms with van der Waals surface area (Å²) in [6.45, 7) is 3.20. The third kappa shape index (κ3) is 2.73. The second-order valence-electron chi connectivity index (χ2n) is 5.81. The van der Waals surface area contributed by atoms with Gasteiger partial charge in [0.05, 0.1) is 0 Å². The van der Waals surface area contributed by atoms with E-state index in [1.54, 1.807) is 0 Å². The minimum absolute atomic E-state index is 0.284. The SMILES string of the molecule is CC1CCCC(CN)(NC2CCCC2)C1. The lowest BCUT2D eigenvalue weighted by atomic mass is 9.76. The molecule has 2 fully saturated rings. The predicted molar refractivity (Wildman–Crippen MR) is 64.8 cm³/mol. The molecule has 88 valence electrons. The van der Waals surface area contributed by atoms with Crippen LogP contribution in [0, 0.1) is 5.92 Å². The van der Waals surface area contributed by atoms with Gasteiger partial charge in [0.15, 0.2) is 0 Å². The van der Waals surface area contributed by atoms with E-state index in [0.717, 1.165) is 18.5 Å². The van der Waals surface area contributed by atoms with E-state index >= 15 is 0 Å². The molecule has 0 aromatic carbocycles. The fourth-order valence-corrected chi connectivity index (χ4v) is 3.54. The Morgan fingerprint density at radius 1 is 1.20 bits per heavy atom. The van der Waals surface area contributed by atoms with Gasteiger partial charge < -0.3 is 11.1 Å². The van der Waals surface area contributed by atoms with Crippen LogP contribution >= 0.6 is 0 Å². The van der Waals surface area contributed by atoms with E-state index in [0.29, 0.717) is 0 Å². The summed E-state index contributed by atoms with van der Waals surface area (Å²) in [5, 5.41) is 3.89. The zero-order valence-electron chi connectivity index (χ0n) is 10.1. The molecule has 2 atom stereocenters. The van der Waals surface area contributed by atoms with E-state index in [-0.39, 0.29) is 5.54 Å². The lowest BCUT2D eigenvalue weighted by Crippen LogP contribution is -2.56. The van der Waals surface area contributed by atoms with Gasteiger partial charge in [-0.25, -0.2) is 0 Å². The van der Waals surface area contributed by atoms with Crippen LogP contribution < -0.4 is 11.1 Å². The van der Waals surface area contributed by atoms with Crippen molar-refractivity contribution in [2.24, 2.45) is 11.7 Å². The molecule has 2 rings (SSSR count). The second-order valence-corrected chi connectivity index (χ2v) is 5.81. The zero-order valence-corrected chi connectivity index (χ0v) is 10.1. The van der Waals surface area contributed by atoms with Crippen LogP contribution in [0.4, 0.5) is 0 Å². The summed E-state index contributed by atoms with van der Waals surface area (Å²) < 4.78 is 0. The summed E-state index contributed by atoms with van der Waals surface area (Å²) in [5.74, 6) is 0.858. The molecule has 0 heterocycles. The van der Waals surface area contributed by atoms with Crippen molar-refractivity contribution in [2.75, 3.05) is 6.54 Å². The van der Waals surface area contributed by atoms with Crippen LogP contribution in [0.3, 0.4) is 0 Å². The van der Waals surface area contributed by atoms with Crippen molar-refractivity contribution in [2.45, 2.75) is 69.9 Å². The van der Waals surface area contributed by atoms with Gasteiger partial charge in [-0.1, -0.05) is 32.6 Å². The van der Waals surface area contributed by atoms with Crippen LogP contribution in [-0.4, -0.2) is 18.1 Å². The van der Waals surface area contributed by atoms with Gasteiger partial charge in [0.1, 0.15) is 0 Å². The van der Waals surface area contributed by atoms with Crippen LogP contribution in [-0.2, 0) is 0 Å². The van der Waals surface area contributed by atoms with E-state index < -0.39 is 0 Å². The average Bonchev–Trinajstić information content (AvgIpc) is 2.70. The van der Waals surface area contributed by atoms with Gasteiger partial charge in [-0.15, -0.1) is 0 Å². The van der Waals surface area contributed by atoms with Crippen LogP contribution in [0.5, 0.6) is 0 Å². The highest BCUT2D eigenvalue weighted by atomic mass is 15.0. The molecule has 0 aromatic rings. The van der Waals surface area contributed by atoms with Gasteiger partial charge in [0.25, 0.3) is 0 Å². The van der Waals surface area contributed by atoms with Crippen molar-refractivity contribution in [1.82, 2.24) is 5.32 Å². The molecule has 0 amide bonds. The Labute approximate surface area is 94.0 Å². The summed E-state index contributed by atoms with van der Waals surface area (Å²) >= 11 is 0. The molecule has 3 N–H and O–H groups in total. The monoisotopic (exact) mass is 210 g/mol. The Balaban J connectivity index is 1.93. The lowest BCUT2D eigenvalue weighted by Gasteiger charge is -2.42. The van der Waals surface area contributed by atoms with Crippen LogP contribution in [0.15, 0.2) is 0 Å². The normalized spacial score (nSPS) is 38.4. The first-order valence-corrected chi connectivity index (χ1v) is 6.72. The molecule has 0 aliphatic heterocycles. The van der Waals surface area contributed by atoms with E-state index in [2.05, 4.69) is 12.2 Å². The van der Waals surface area contributed by atoms with Crippen molar-refractivity contribution in [3.63, 3.8) is 0 Å². The molecule has 0 aromatic heterocycles. The summed E-state index contributed by atoms with van der Waals surface area (Å²) in [6, 6.07) is 0.763. The largest absolute Gasteiger partial charge is 0.329 e. The van der Waals surface area contributed by atoms with Crippen molar-refractivity contribution < 1.29 is 0 Å². The van der Waals surface area contributed by atoms with Gasteiger partial charge in [-0.05, 0) is 31.6 Å². The highest BCUT2D eigenvalue weighted by Crippen LogP contribution is 2.33. The van der Waals surface area contributed by atoms with Crippen molar-refractivity contribution in [1.29, 1.82) is 0 Å². The maximum Gasteiger partial charge on any atom is 0.0308 e. The fourth-order valence-electron chi connectivity index (χ4n) is 3.54. The van der Waals surface area contributed by atoms with Crippen molar-refractivity contribution in [3.05, 3.63) is 0 Å². The number of rotatable bonds is 3. The minimum atomic E-state index is 0.284. The lowest BCUT2D eigenvalue weighted by molar-refractivity contribution is 0.175. The van der Waals surface area contributed by atoms with E-state index in [9.17, 15) is 0 Å². The van der Waals surface area contributed by atoms with Crippen LogP contribution in [0.25, 0.3) is 0 Å². The summed E-state index contributed by atoms with van der Waals surface area (Å²) in [7, 11) is 0. The van der Waals surface area contributed by atoms with Gasteiger partial charge in [-0.2, -0.15) is 0 Å². The first-order chi connectivity index (χ1) is 7.24. The molecule has 2 aliphatic carbocycles. The molecule has 2 heteroatoms. The second kappa shape index (κ2) is 4.84. The summed E-state index contributed by atoms with van der Waals surface area (Å²) in [4.78, 5) is 0. The Kier molecular flexibility index (Phi) is 3.68. The number of nitrogens with two attached hydrogens (primary N) is 1. The van der Waals surface area contributed by atoms with Gasteiger partial charge >= 0.3 is 0 Å². The molecular weight excluding hydrogens is 184 g/mol. The van der Waals surface area contributed by atoms with Gasteiger partial charge in [-0.3, -0.25) is 0 Å². The smallest absolute Gasteiger partial charge is 0.0308 e. The van der Waals surface area contributed by atoms with Gasteiger partial charge in [0.2, 0.25) is 0 Å². The average molecular weight is 210 g/mol. The molecule has 2 aliphatic rings. The third-order valence-electron chi connectivity index (χ3n) is 4.35. The minimum Gasteiger partial charge on any atom is -0.329 e. The molecule has 0 spiro atoms. The molecular formula is C13H26N2. The number of nitrogens with one attached hydrogen (secondary N) is 1. The maximum atomic E-state index is 6.02. The molecule has 2 nitrogen and oxygen atoms in total. The number of hydrogen-bond acceptors (Lipinski definition) is 2. The third-order valence-corrected chi connectivity index (χ3v) is 4.35.